The van der Waals surface area contributed by atoms with Gasteiger partial charge in [0.25, 0.3) is 0 Å². The van der Waals surface area contributed by atoms with E-state index in [-0.39, 0.29) is 5.54 Å². The number of rotatable bonds is 6. The van der Waals surface area contributed by atoms with E-state index in [2.05, 4.69) is 52.9 Å². The molecule has 0 aliphatic rings. The van der Waals surface area contributed by atoms with Crippen LogP contribution in [0.15, 0.2) is 6.07 Å². The van der Waals surface area contributed by atoms with Gasteiger partial charge >= 0.3 is 0 Å². The molecule has 0 fully saturated rings. The molecule has 0 unspecified atom stereocenters. The molecule has 0 radical (unpaired) electrons. The lowest BCUT2D eigenvalue weighted by Crippen LogP contribution is -2.32. The van der Waals surface area contributed by atoms with Crippen LogP contribution < -0.4 is 11.1 Å². The second kappa shape index (κ2) is 6.53. The molecule has 0 atom stereocenters. The van der Waals surface area contributed by atoms with Gasteiger partial charge in [-0.2, -0.15) is 0 Å². The molecule has 0 saturated carbocycles. The van der Waals surface area contributed by atoms with Crippen LogP contribution in [0.25, 0.3) is 0 Å². The van der Waals surface area contributed by atoms with Gasteiger partial charge in [0.15, 0.2) is 0 Å². The Hall–Kier alpha value is -0.860. The van der Waals surface area contributed by atoms with Crippen molar-refractivity contribution in [3.05, 3.63) is 33.9 Å². The molecule has 0 spiro atoms. The van der Waals surface area contributed by atoms with Gasteiger partial charge in [0.1, 0.15) is 0 Å². The van der Waals surface area contributed by atoms with Crippen LogP contribution in [0.5, 0.6) is 0 Å². The number of aryl methyl sites for hydroxylation is 2. The fraction of sp³-hybridized carbons (Fsp3) is 0.647. The molecule has 0 aliphatic carbocycles. The molecule has 108 valence electrons. The average Bonchev–Trinajstić information content (AvgIpc) is 2.29. The highest BCUT2D eigenvalue weighted by atomic mass is 14.8. The normalized spacial score (nSPS) is 11.9. The van der Waals surface area contributed by atoms with E-state index >= 15 is 0 Å². The number of hydrogen-bond acceptors (Lipinski definition) is 2. The van der Waals surface area contributed by atoms with Crippen LogP contribution in [0.1, 0.15) is 54.5 Å². The van der Waals surface area contributed by atoms with E-state index in [0.29, 0.717) is 0 Å². The molecular weight excluding hydrogens is 232 g/mol. The molecule has 0 bridgehead atoms. The van der Waals surface area contributed by atoms with Crippen LogP contribution in [0.3, 0.4) is 0 Å². The highest BCUT2D eigenvalue weighted by Crippen LogP contribution is 2.21. The highest BCUT2D eigenvalue weighted by molar-refractivity contribution is 5.43. The Balaban J connectivity index is 2.54. The summed E-state index contributed by atoms with van der Waals surface area (Å²) in [6.45, 7) is 15.0. The van der Waals surface area contributed by atoms with E-state index in [1.54, 1.807) is 0 Å². The third-order valence-electron chi connectivity index (χ3n) is 4.00. The molecule has 1 aromatic rings. The first kappa shape index (κ1) is 16.2. The molecule has 0 saturated heterocycles. The number of hydrogen-bond donors (Lipinski definition) is 2. The topological polar surface area (TPSA) is 38.0 Å². The maximum Gasteiger partial charge on any atom is 0.0210 e. The van der Waals surface area contributed by atoms with Gasteiger partial charge in [-0.1, -0.05) is 6.07 Å². The van der Waals surface area contributed by atoms with Crippen molar-refractivity contribution in [2.75, 3.05) is 6.54 Å². The van der Waals surface area contributed by atoms with Gasteiger partial charge < -0.3 is 11.1 Å². The monoisotopic (exact) mass is 262 g/mol. The summed E-state index contributed by atoms with van der Waals surface area (Å²) in [5.74, 6) is 0. The van der Waals surface area contributed by atoms with Crippen molar-refractivity contribution in [3.8, 4) is 0 Å². The minimum absolute atomic E-state index is 0.0482. The fourth-order valence-electron chi connectivity index (χ4n) is 2.45. The van der Waals surface area contributed by atoms with E-state index in [4.69, 9.17) is 5.73 Å². The third-order valence-corrected chi connectivity index (χ3v) is 4.00. The van der Waals surface area contributed by atoms with Crippen LogP contribution in [0, 0.1) is 27.7 Å². The molecule has 1 aromatic carbocycles. The zero-order valence-corrected chi connectivity index (χ0v) is 13.5. The first-order valence-electron chi connectivity index (χ1n) is 7.28. The minimum atomic E-state index is -0.0482. The lowest BCUT2D eigenvalue weighted by Gasteiger charge is -2.19. The van der Waals surface area contributed by atoms with E-state index < -0.39 is 0 Å². The summed E-state index contributed by atoms with van der Waals surface area (Å²) in [4.78, 5) is 0. The van der Waals surface area contributed by atoms with Crippen molar-refractivity contribution in [1.29, 1.82) is 0 Å². The number of benzene rings is 1. The molecule has 0 aromatic heterocycles. The van der Waals surface area contributed by atoms with E-state index in [0.717, 1.165) is 25.9 Å². The van der Waals surface area contributed by atoms with Crippen LogP contribution in [0.2, 0.25) is 0 Å². The van der Waals surface area contributed by atoms with E-state index in [1.165, 1.54) is 27.8 Å². The highest BCUT2D eigenvalue weighted by Gasteiger charge is 2.10. The quantitative estimate of drug-likeness (QED) is 0.770. The standard InChI is InChI=1S/C17H30N2/c1-12-10-13(2)15(4)16(14(12)3)11-19-9-7-8-17(5,6)18/h10,19H,7-9,11,18H2,1-6H3. The maximum absolute atomic E-state index is 5.99. The second-order valence-corrected chi connectivity index (χ2v) is 6.51. The molecule has 3 N–H and O–H groups in total. The maximum atomic E-state index is 5.99. The van der Waals surface area contributed by atoms with Crippen LogP contribution in [-0.2, 0) is 6.54 Å². The van der Waals surface area contributed by atoms with Gasteiger partial charge in [-0.3, -0.25) is 0 Å². The van der Waals surface area contributed by atoms with Gasteiger partial charge in [-0.05, 0) is 88.7 Å². The van der Waals surface area contributed by atoms with Gasteiger partial charge in [0, 0.05) is 12.1 Å². The summed E-state index contributed by atoms with van der Waals surface area (Å²) in [6, 6.07) is 2.28. The Kier molecular flexibility index (Phi) is 5.57. The summed E-state index contributed by atoms with van der Waals surface area (Å²) in [5.41, 5.74) is 13.0. The van der Waals surface area contributed by atoms with Crippen molar-refractivity contribution in [2.24, 2.45) is 5.73 Å². The predicted molar refractivity (Wildman–Crippen MR) is 84.6 cm³/mol. The Morgan fingerprint density at radius 2 is 1.58 bits per heavy atom. The average molecular weight is 262 g/mol. The zero-order chi connectivity index (χ0) is 14.6. The van der Waals surface area contributed by atoms with Crippen LogP contribution in [0.4, 0.5) is 0 Å². The smallest absolute Gasteiger partial charge is 0.0210 e. The first-order valence-corrected chi connectivity index (χ1v) is 7.28. The second-order valence-electron chi connectivity index (χ2n) is 6.51. The van der Waals surface area contributed by atoms with Gasteiger partial charge in [0.05, 0.1) is 0 Å². The third kappa shape index (κ3) is 4.96. The summed E-state index contributed by atoms with van der Waals surface area (Å²) >= 11 is 0. The Labute approximate surface area is 118 Å². The summed E-state index contributed by atoms with van der Waals surface area (Å²) in [6.07, 6.45) is 2.19. The molecule has 0 aliphatic heterocycles. The zero-order valence-electron chi connectivity index (χ0n) is 13.5. The van der Waals surface area contributed by atoms with Gasteiger partial charge in [-0.15, -0.1) is 0 Å². The van der Waals surface area contributed by atoms with Crippen molar-refractivity contribution >= 4 is 0 Å². The van der Waals surface area contributed by atoms with Gasteiger partial charge in [0.2, 0.25) is 0 Å². The van der Waals surface area contributed by atoms with Crippen LogP contribution >= 0.6 is 0 Å². The molecule has 2 nitrogen and oxygen atoms in total. The summed E-state index contributed by atoms with van der Waals surface area (Å²) in [5, 5.41) is 3.55. The molecule has 0 heterocycles. The molecule has 0 amide bonds. The lowest BCUT2D eigenvalue weighted by molar-refractivity contribution is 0.448. The Morgan fingerprint density at radius 1 is 1.05 bits per heavy atom. The van der Waals surface area contributed by atoms with Crippen molar-refractivity contribution in [1.82, 2.24) is 5.32 Å². The molecular formula is C17H30N2. The molecule has 2 heteroatoms. The van der Waals surface area contributed by atoms with Crippen molar-refractivity contribution < 1.29 is 0 Å². The largest absolute Gasteiger partial charge is 0.326 e. The van der Waals surface area contributed by atoms with Crippen molar-refractivity contribution in [3.63, 3.8) is 0 Å². The summed E-state index contributed by atoms with van der Waals surface area (Å²) in [7, 11) is 0. The van der Waals surface area contributed by atoms with Gasteiger partial charge in [-0.25, -0.2) is 0 Å². The Bertz CT molecular complexity index is 402. The minimum Gasteiger partial charge on any atom is -0.326 e. The van der Waals surface area contributed by atoms with Crippen molar-refractivity contribution in [2.45, 2.75) is 66.5 Å². The molecule has 19 heavy (non-hydrogen) atoms. The summed E-state index contributed by atoms with van der Waals surface area (Å²) < 4.78 is 0. The van der Waals surface area contributed by atoms with E-state index in [9.17, 15) is 0 Å². The lowest BCUT2D eigenvalue weighted by atomic mass is 9.94. The predicted octanol–water partition coefficient (Wildman–Crippen LogP) is 3.53. The first-order chi connectivity index (χ1) is 8.72. The fourth-order valence-corrected chi connectivity index (χ4v) is 2.45. The Morgan fingerprint density at radius 3 is 2.05 bits per heavy atom. The number of nitrogens with two attached hydrogens (primary N) is 1. The van der Waals surface area contributed by atoms with Crippen LogP contribution in [-0.4, -0.2) is 12.1 Å². The number of nitrogens with one attached hydrogen (secondary N) is 1. The van der Waals surface area contributed by atoms with E-state index in [1.807, 2.05) is 0 Å². The molecule has 1 rings (SSSR count). The SMILES string of the molecule is Cc1cc(C)c(C)c(CNCCCC(C)(C)N)c1C.